The molecule has 3 N–H and O–H groups in total. The van der Waals surface area contributed by atoms with Crippen LogP contribution in [0.3, 0.4) is 0 Å². The molecule has 3 aromatic rings. The molecule has 0 aliphatic rings. The number of anilines is 1. The van der Waals surface area contributed by atoms with Gasteiger partial charge in [-0.2, -0.15) is 0 Å². The zero-order chi connectivity index (χ0) is 15.1. The van der Waals surface area contributed by atoms with Crippen LogP contribution >= 0.6 is 0 Å². The number of aryl methyl sites for hydroxylation is 2. The minimum atomic E-state index is -0.490. The van der Waals surface area contributed by atoms with E-state index in [9.17, 15) is 10.1 Å². The van der Waals surface area contributed by atoms with Crippen LogP contribution in [0.1, 0.15) is 11.1 Å². The van der Waals surface area contributed by atoms with E-state index in [1.165, 1.54) is 17.7 Å². The quantitative estimate of drug-likeness (QED) is 0.428. The predicted octanol–water partition coefficient (Wildman–Crippen LogP) is 3.34. The molecule has 0 saturated carbocycles. The first-order valence-corrected chi connectivity index (χ1v) is 6.47. The number of nitro benzene ring substituents is 1. The Morgan fingerprint density at radius 3 is 2.62 bits per heavy atom. The lowest BCUT2D eigenvalue weighted by molar-refractivity contribution is -0.383. The van der Waals surface area contributed by atoms with Gasteiger partial charge in [0.2, 0.25) is 0 Å². The maximum absolute atomic E-state index is 11.0. The highest BCUT2D eigenvalue weighted by molar-refractivity contribution is 5.81. The number of imidazole rings is 1. The first-order valence-electron chi connectivity index (χ1n) is 6.47. The summed E-state index contributed by atoms with van der Waals surface area (Å²) >= 11 is 0. The van der Waals surface area contributed by atoms with Crippen LogP contribution in [0.5, 0.6) is 0 Å². The van der Waals surface area contributed by atoms with Crippen molar-refractivity contribution in [2.24, 2.45) is 0 Å². The highest BCUT2D eigenvalue weighted by atomic mass is 16.6. The van der Waals surface area contributed by atoms with Gasteiger partial charge >= 0.3 is 0 Å². The second-order valence-corrected chi connectivity index (χ2v) is 5.07. The molecule has 21 heavy (non-hydrogen) atoms. The molecule has 1 heterocycles. The van der Waals surface area contributed by atoms with E-state index in [2.05, 4.69) is 9.97 Å². The van der Waals surface area contributed by atoms with Gasteiger partial charge in [0.05, 0.1) is 16.0 Å². The average molecular weight is 282 g/mol. The number of nitrogens with zero attached hydrogens (tertiary/aromatic N) is 2. The molecule has 0 fully saturated rings. The van der Waals surface area contributed by atoms with Crippen LogP contribution < -0.4 is 5.73 Å². The summed E-state index contributed by atoms with van der Waals surface area (Å²) in [4.78, 5) is 18.2. The minimum absolute atomic E-state index is 0.111. The normalized spacial score (nSPS) is 11.0. The number of rotatable bonds is 2. The van der Waals surface area contributed by atoms with E-state index in [4.69, 9.17) is 5.73 Å². The molecule has 2 aromatic carbocycles. The van der Waals surface area contributed by atoms with Crippen LogP contribution in [0.4, 0.5) is 11.4 Å². The minimum Gasteiger partial charge on any atom is -0.393 e. The Morgan fingerprint density at radius 2 is 1.90 bits per heavy atom. The highest BCUT2D eigenvalue weighted by Crippen LogP contribution is 2.29. The molecule has 6 heteroatoms. The number of fused-ring (bicyclic) bond motifs is 1. The Balaban J connectivity index is 2.16. The summed E-state index contributed by atoms with van der Waals surface area (Å²) in [5.74, 6) is 0.595. The van der Waals surface area contributed by atoms with Crippen LogP contribution in [-0.4, -0.2) is 14.9 Å². The van der Waals surface area contributed by atoms with Crippen molar-refractivity contribution in [3.05, 3.63) is 51.6 Å². The molecule has 0 radical (unpaired) electrons. The van der Waals surface area contributed by atoms with E-state index < -0.39 is 4.92 Å². The van der Waals surface area contributed by atoms with Crippen molar-refractivity contribution in [3.63, 3.8) is 0 Å². The lowest BCUT2D eigenvalue weighted by Gasteiger charge is -2.00. The molecule has 0 spiro atoms. The Labute approximate surface area is 120 Å². The Hall–Kier alpha value is -2.89. The lowest BCUT2D eigenvalue weighted by Crippen LogP contribution is -1.96. The number of nitrogens with one attached hydrogen (secondary N) is 1. The molecule has 0 atom stereocenters. The highest BCUT2D eigenvalue weighted by Gasteiger charge is 2.14. The first-order chi connectivity index (χ1) is 9.95. The van der Waals surface area contributed by atoms with Crippen molar-refractivity contribution in [2.45, 2.75) is 13.8 Å². The Bertz CT molecular complexity index is 828. The van der Waals surface area contributed by atoms with Gasteiger partial charge in [-0.3, -0.25) is 10.1 Å². The fourth-order valence-corrected chi connectivity index (χ4v) is 2.26. The molecule has 0 saturated heterocycles. The van der Waals surface area contributed by atoms with E-state index in [1.807, 2.05) is 26.0 Å². The molecule has 106 valence electrons. The predicted molar refractivity (Wildman–Crippen MR) is 82.1 cm³/mol. The number of nitrogen functional groups attached to an aromatic ring is 1. The third-order valence-electron chi connectivity index (χ3n) is 3.60. The van der Waals surface area contributed by atoms with Crippen LogP contribution in [0, 0.1) is 24.0 Å². The standard InChI is InChI=1S/C15H14N4O2/c1-8-5-12-13(6-9(8)2)18-15(17-12)10-3-4-11(16)14(7-10)19(20)21/h3-7H,16H2,1-2H3,(H,17,18). The third-order valence-corrected chi connectivity index (χ3v) is 3.60. The molecular weight excluding hydrogens is 268 g/mol. The van der Waals surface area contributed by atoms with Crippen LogP contribution in [0.25, 0.3) is 22.4 Å². The monoisotopic (exact) mass is 282 g/mol. The van der Waals surface area contributed by atoms with Crippen molar-refractivity contribution < 1.29 is 4.92 Å². The van der Waals surface area contributed by atoms with E-state index in [-0.39, 0.29) is 11.4 Å². The Morgan fingerprint density at radius 1 is 1.19 bits per heavy atom. The summed E-state index contributed by atoms with van der Waals surface area (Å²) < 4.78 is 0. The van der Waals surface area contributed by atoms with Crippen molar-refractivity contribution in [1.82, 2.24) is 9.97 Å². The average Bonchev–Trinajstić information content (AvgIpc) is 2.82. The number of benzene rings is 2. The number of hydrogen-bond acceptors (Lipinski definition) is 4. The van der Waals surface area contributed by atoms with Crippen molar-refractivity contribution in [3.8, 4) is 11.4 Å². The number of H-pyrrole nitrogens is 1. The second kappa shape index (κ2) is 4.59. The topological polar surface area (TPSA) is 97.8 Å². The van der Waals surface area contributed by atoms with E-state index in [0.29, 0.717) is 11.4 Å². The van der Waals surface area contributed by atoms with Gasteiger partial charge < -0.3 is 10.7 Å². The molecule has 0 unspecified atom stereocenters. The maximum atomic E-state index is 11.0. The number of aromatic amines is 1. The fourth-order valence-electron chi connectivity index (χ4n) is 2.26. The van der Waals surface area contributed by atoms with Gasteiger partial charge in [-0.15, -0.1) is 0 Å². The van der Waals surface area contributed by atoms with Crippen LogP contribution in [0.15, 0.2) is 30.3 Å². The number of nitrogens with two attached hydrogens (primary N) is 1. The molecular formula is C15H14N4O2. The SMILES string of the molecule is Cc1cc2nc(-c3ccc(N)c([N+](=O)[O-])c3)[nH]c2cc1C. The van der Waals surface area contributed by atoms with Crippen molar-refractivity contribution in [1.29, 1.82) is 0 Å². The molecule has 1 aromatic heterocycles. The number of aromatic nitrogens is 2. The summed E-state index contributed by atoms with van der Waals surface area (Å²) in [5.41, 5.74) is 10.4. The first kappa shape index (κ1) is 13.1. The zero-order valence-electron chi connectivity index (χ0n) is 11.7. The van der Waals surface area contributed by atoms with Crippen LogP contribution in [-0.2, 0) is 0 Å². The summed E-state index contributed by atoms with van der Waals surface area (Å²) in [6.07, 6.45) is 0. The second-order valence-electron chi connectivity index (χ2n) is 5.07. The largest absolute Gasteiger partial charge is 0.393 e. The summed E-state index contributed by atoms with van der Waals surface area (Å²) in [7, 11) is 0. The van der Waals surface area contributed by atoms with Gasteiger partial charge in [0.25, 0.3) is 5.69 Å². The van der Waals surface area contributed by atoms with Gasteiger partial charge in [0, 0.05) is 11.6 Å². The molecule has 0 aliphatic heterocycles. The van der Waals surface area contributed by atoms with Gasteiger partial charge in [0.15, 0.2) is 0 Å². The zero-order valence-corrected chi connectivity index (χ0v) is 11.7. The maximum Gasteiger partial charge on any atom is 0.292 e. The number of nitro groups is 1. The van der Waals surface area contributed by atoms with Gasteiger partial charge in [0.1, 0.15) is 11.5 Å². The van der Waals surface area contributed by atoms with E-state index in [1.54, 1.807) is 6.07 Å². The summed E-state index contributed by atoms with van der Waals surface area (Å²) in [6.45, 7) is 4.06. The van der Waals surface area contributed by atoms with Crippen molar-refractivity contribution in [2.75, 3.05) is 5.73 Å². The fraction of sp³-hybridized carbons (Fsp3) is 0.133. The molecule has 6 nitrogen and oxygen atoms in total. The molecule has 0 aliphatic carbocycles. The summed E-state index contributed by atoms with van der Waals surface area (Å²) in [6, 6.07) is 8.70. The van der Waals surface area contributed by atoms with E-state index in [0.717, 1.165) is 16.6 Å². The Kier molecular flexibility index (Phi) is 2.86. The van der Waals surface area contributed by atoms with Crippen LogP contribution in [0.2, 0.25) is 0 Å². The van der Waals surface area contributed by atoms with Gasteiger partial charge in [-0.05, 0) is 49.2 Å². The lowest BCUT2D eigenvalue weighted by atomic mass is 10.1. The summed E-state index contributed by atoms with van der Waals surface area (Å²) in [5, 5.41) is 11.0. The van der Waals surface area contributed by atoms with Gasteiger partial charge in [-0.25, -0.2) is 4.98 Å². The molecule has 0 amide bonds. The van der Waals surface area contributed by atoms with Gasteiger partial charge in [-0.1, -0.05) is 0 Å². The number of hydrogen-bond donors (Lipinski definition) is 2. The third kappa shape index (κ3) is 2.20. The molecule has 0 bridgehead atoms. The van der Waals surface area contributed by atoms with E-state index >= 15 is 0 Å². The smallest absolute Gasteiger partial charge is 0.292 e. The van der Waals surface area contributed by atoms with Crippen molar-refractivity contribution >= 4 is 22.4 Å². The molecule has 3 rings (SSSR count).